The molecule has 0 bridgehead atoms. The van der Waals surface area contributed by atoms with Gasteiger partial charge in [0.2, 0.25) is 12.7 Å². The second-order valence-corrected chi connectivity index (χ2v) is 7.78. The van der Waals surface area contributed by atoms with E-state index in [1.54, 1.807) is 12.3 Å². The van der Waals surface area contributed by atoms with E-state index in [-0.39, 0.29) is 12.7 Å². The molecule has 7 nitrogen and oxygen atoms in total. The molecule has 0 radical (unpaired) electrons. The molecule has 2 aromatic heterocycles. The predicted octanol–water partition coefficient (Wildman–Crippen LogP) is 4.12. The third kappa shape index (κ3) is 4.30. The highest BCUT2D eigenvalue weighted by Gasteiger charge is 2.22. The third-order valence-electron chi connectivity index (χ3n) is 5.65. The van der Waals surface area contributed by atoms with Crippen LogP contribution in [0, 0.1) is 0 Å². The van der Waals surface area contributed by atoms with Gasteiger partial charge in [-0.2, -0.15) is 5.10 Å². The molecule has 1 fully saturated rings. The minimum Gasteiger partial charge on any atom is -0.454 e. The first-order valence-electron chi connectivity index (χ1n) is 10.6. The van der Waals surface area contributed by atoms with Gasteiger partial charge in [0.1, 0.15) is 0 Å². The number of nitrogens with zero attached hydrogens (tertiary/aromatic N) is 3. The summed E-state index contributed by atoms with van der Waals surface area (Å²) in [6, 6.07) is 13.9. The van der Waals surface area contributed by atoms with E-state index in [9.17, 15) is 4.79 Å². The first-order valence-corrected chi connectivity index (χ1v) is 10.6. The van der Waals surface area contributed by atoms with Crippen LogP contribution in [0.5, 0.6) is 11.5 Å². The lowest BCUT2D eigenvalue weighted by Crippen LogP contribution is -2.20. The molecular weight excluding hydrogens is 392 g/mol. The van der Waals surface area contributed by atoms with Crippen LogP contribution >= 0.6 is 0 Å². The molecule has 5 rings (SSSR count). The van der Waals surface area contributed by atoms with Crippen LogP contribution in [0.2, 0.25) is 0 Å². The van der Waals surface area contributed by atoms with Crippen LogP contribution in [0.4, 0.5) is 0 Å². The van der Waals surface area contributed by atoms with Crippen LogP contribution < -0.4 is 14.8 Å². The summed E-state index contributed by atoms with van der Waals surface area (Å²) in [5, 5.41) is 7.73. The molecule has 0 atom stereocenters. The van der Waals surface area contributed by atoms with Gasteiger partial charge < -0.3 is 14.8 Å². The van der Waals surface area contributed by atoms with Crippen molar-refractivity contribution in [3.8, 4) is 22.9 Å². The fraction of sp³-hybridized carbons (Fsp3) is 0.292. The molecule has 1 aliphatic heterocycles. The maximum Gasteiger partial charge on any atom is 0.244 e. The largest absolute Gasteiger partial charge is 0.454 e. The smallest absolute Gasteiger partial charge is 0.244 e. The van der Waals surface area contributed by atoms with Crippen LogP contribution in [0.3, 0.4) is 0 Å². The van der Waals surface area contributed by atoms with Gasteiger partial charge in [0.05, 0.1) is 29.7 Å². The van der Waals surface area contributed by atoms with E-state index in [0.29, 0.717) is 18.3 Å². The highest BCUT2D eigenvalue weighted by molar-refractivity contribution is 5.91. The molecule has 3 aromatic rings. The van der Waals surface area contributed by atoms with E-state index >= 15 is 0 Å². The standard InChI is InChI=1S/C24H24N4O3/c29-24(11-9-17-8-10-22-23(13-17)31-16-30-22)26-15-18-14-21(20-7-3-4-12-25-20)28(27-18)19-5-1-2-6-19/h3-4,7-14,19H,1-2,5-6,15-16H2,(H,26,29)/b11-9+. The number of carbonyl (C=O) groups is 1. The zero-order valence-corrected chi connectivity index (χ0v) is 17.2. The van der Waals surface area contributed by atoms with Crippen molar-refractivity contribution in [1.82, 2.24) is 20.1 Å². The number of fused-ring (bicyclic) bond motifs is 1. The molecule has 7 heteroatoms. The lowest BCUT2D eigenvalue weighted by Gasteiger charge is -2.13. The van der Waals surface area contributed by atoms with E-state index in [4.69, 9.17) is 14.6 Å². The maximum atomic E-state index is 12.3. The molecule has 0 unspecified atom stereocenters. The second-order valence-electron chi connectivity index (χ2n) is 7.78. The number of pyridine rings is 1. The monoisotopic (exact) mass is 416 g/mol. The van der Waals surface area contributed by atoms with Crippen LogP contribution in [-0.4, -0.2) is 27.5 Å². The van der Waals surface area contributed by atoms with E-state index in [2.05, 4.69) is 15.0 Å². The van der Waals surface area contributed by atoms with Gasteiger partial charge in [-0.1, -0.05) is 25.0 Å². The van der Waals surface area contributed by atoms with Gasteiger partial charge in [-0.15, -0.1) is 0 Å². The molecule has 31 heavy (non-hydrogen) atoms. The van der Waals surface area contributed by atoms with Gasteiger partial charge in [-0.3, -0.25) is 14.5 Å². The molecule has 0 saturated heterocycles. The van der Waals surface area contributed by atoms with Crippen molar-refractivity contribution in [2.75, 3.05) is 6.79 Å². The summed E-state index contributed by atoms with van der Waals surface area (Å²) in [7, 11) is 0. The fourth-order valence-electron chi connectivity index (χ4n) is 4.09. The lowest BCUT2D eigenvalue weighted by atomic mass is 10.2. The van der Waals surface area contributed by atoms with Gasteiger partial charge >= 0.3 is 0 Å². The van der Waals surface area contributed by atoms with Gasteiger partial charge in [0.15, 0.2) is 11.5 Å². The summed E-state index contributed by atoms with van der Waals surface area (Å²) in [6.45, 7) is 0.598. The molecule has 1 aromatic carbocycles. The minimum absolute atomic E-state index is 0.174. The number of amides is 1. The number of benzene rings is 1. The Morgan fingerprint density at radius 1 is 1.13 bits per heavy atom. The average Bonchev–Trinajstić information content (AvgIpc) is 3.56. The summed E-state index contributed by atoms with van der Waals surface area (Å²) in [5.41, 5.74) is 3.62. The van der Waals surface area contributed by atoms with Crippen molar-refractivity contribution in [2.24, 2.45) is 0 Å². The Morgan fingerprint density at radius 2 is 2.00 bits per heavy atom. The number of ether oxygens (including phenoxy) is 2. The van der Waals surface area contributed by atoms with E-state index < -0.39 is 0 Å². The summed E-state index contributed by atoms with van der Waals surface area (Å²) < 4.78 is 12.8. The molecule has 1 aliphatic carbocycles. The van der Waals surface area contributed by atoms with Gasteiger partial charge in [-0.05, 0) is 54.8 Å². The Labute approximate surface area is 180 Å². The quantitative estimate of drug-likeness (QED) is 0.612. The molecule has 0 spiro atoms. The van der Waals surface area contributed by atoms with Crippen molar-refractivity contribution >= 4 is 12.0 Å². The third-order valence-corrected chi connectivity index (χ3v) is 5.65. The Hall–Kier alpha value is -3.61. The Bertz CT molecular complexity index is 1100. The summed E-state index contributed by atoms with van der Waals surface area (Å²) >= 11 is 0. The van der Waals surface area contributed by atoms with Crippen LogP contribution in [0.1, 0.15) is 43.0 Å². The second kappa shape index (κ2) is 8.63. The minimum atomic E-state index is -0.174. The SMILES string of the molecule is O=C(/C=C/c1ccc2c(c1)OCO2)NCc1cc(-c2ccccn2)n(C2CCCC2)n1. The Kier molecular flexibility index (Phi) is 5.39. The molecule has 1 saturated carbocycles. The predicted molar refractivity (Wildman–Crippen MR) is 116 cm³/mol. The van der Waals surface area contributed by atoms with Crippen molar-refractivity contribution < 1.29 is 14.3 Å². The van der Waals surface area contributed by atoms with Crippen molar-refractivity contribution in [1.29, 1.82) is 0 Å². The topological polar surface area (TPSA) is 78.3 Å². The number of rotatable bonds is 6. The molecular formula is C24H24N4O3. The highest BCUT2D eigenvalue weighted by atomic mass is 16.7. The van der Waals surface area contributed by atoms with E-state index in [1.165, 1.54) is 18.9 Å². The van der Waals surface area contributed by atoms with Crippen molar-refractivity contribution in [2.45, 2.75) is 38.3 Å². The van der Waals surface area contributed by atoms with E-state index in [0.717, 1.165) is 41.2 Å². The molecule has 2 aliphatic rings. The number of carbonyl (C=O) groups excluding carboxylic acids is 1. The molecule has 158 valence electrons. The molecule has 1 amide bonds. The highest BCUT2D eigenvalue weighted by Crippen LogP contribution is 2.34. The van der Waals surface area contributed by atoms with Gasteiger partial charge in [0.25, 0.3) is 0 Å². The molecule has 1 N–H and O–H groups in total. The number of hydrogen-bond acceptors (Lipinski definition) is 5. The fourth-order valence-corrected chi connectivity index (χ4v) is 4.09. The normalized spacial score (nSPS) is 15.6. The van der Waals surface area contributed by atoms with Crippen molar-refractivity contribution in [3.63, 3.8) is 0 Å². The zero-order valence-electron chi connectivity index (χ0n) is 17.2. The Morgan fingerprint density at radius 3 is 2.84 bits per heavy atom. The average molecular weight is 416 g/mol. The number of hydrogen-bond donors (Lipinski definition) is 1. The van der Waals surface area contributed by atoms with Crippen LogP contribution in [0.15, 0.2) is 54.7 Å². The summed E-state index contributed by atoms with van der Waals surface area (Å²) in [5.74, 6) is 1.25. The van der Waals surface area contributed by atoms with Crippen molar-refractivity contribution in [3.05, 3.63) is 66.0 Å². The van der Waals surface area contributed by atoms with Crippen LogP contribution in [0.25, 0.3) is 17.5 Å². The van der Waals surface area contributed by atoms with E-state index in [1.807, 2.05) is 42.5 Å². The van der Waals surface area contributed by atoms with Gasteiger partial charge in [0, 0.05) is 12.3 Å². The lowest BCUT2D eigenvalue weighted by molar-refractivity contribution is -0.116. The number of nitrogens with one attached hydrogen (secondary N) is 1. The summed E-state index contributed by atoms with van der Waals surface area (Å²) in [6.07, 6.45) is 9.78. The first kappa shape index (κ1) is 19.4. The zero-order chi connectivity index (χ0) is 21.0. The van der Waals surface area contributed by atoms with Gasteiger partial charge in [-0.25, -0.2) is 0 Å². The Balaban J connectivity index is 1.27. The number of aromatic nitrogens is 3. The first-order chi connectivity index (χ1) is 15.3. The maximum absolute atomic E-state index is 12.3. The van der Waals surface area contributed by atoms with Crippen LogP contribution in [-0.2, 0) is 11.3 Å². The molecule has 3 heterocycles. The summed E-state index contributed by atoms with van der Waals surface area (Å²) in [4.78, 5) is 16.8.